The van der Waals surface area contributed by atoms with Gasteiger partial charge in [0.05, 0.1) is 6.61 Å². The molecule has 2 nitrogen and oxygen atoms in total. The van der Waals surface area contributed by atoms with Gasteiger partial charge in [-0.25, -0.2) is 0 Å². The summed E-state index contributed by atoms with van der Waals surface area (Å²) >= 11 is 1.81. The van der Waals surface area contributed by atoms with Crippen LogP contribution in [0.5, 0.6) is 0 Å². The molecular formula is C13H19NOS. The lowest BCUT2D eigenvalue weighted by Crippen LogP contribution is -2.28. The van der Waals surface area contributed by atoms with Crippen LogP contribution < -0.4 is 5.32 Å². The van der Waals surface area contributed by atoms with Gasteiger partial charge in [0.15, 0.2) is 0 Å². The molecule has 0 radical (unpaired) electrons. The van der Waals surface area contributed by atoms with E-state index < -0.39 is 0 Å². The van der Waals surface area contributed by atoms with Crippen molar-refractivity contribution in [2.75, 3.05) is 19.5 Å². The number of nitrogens with one attached hydrogen (secondary N) is 1. The van der Waals surface area contributed by atoms with Crippen LogP contribution in [0.1, 0.15) is 17.5 Å². The predicted molar refractivity (Wildman–Crippen MR) is 69.0 cm³/mol. The fourth-order valence-corrected chi connectivity index (χ4v) is 2.59. The van der Waals surface area contributed by atoms with Gasteiger partial charge >= 0.3 is 0 Å². The van der Waals surface area contributed by atoms with Crippen LogP contribution in [-0.4, -0.2) is 25.5 Å². The summed E-state index contributed by atoms with van der Waals surface area (Å²) in [5.74, 6) is 0. The summed E-state index contributed by atoms with van der Waals surface area (Å²) in [6.07, 6.45) is 3.26. The maximum Gasteiger partial charge on any atom is 0.0620 e. The number of hydrogen-bond acceptors (Lipinski definition) is 3. The van der Waals surface area contributed by atoms with Crippen LogP contribution in [0.25, 0.3) is 0 Å². The lowest BCUT2D eigenvalue weighted by molar-refractivity contribution is 0.190. The molecule has 0 bridgehead atoms. The minimum absolute atomic E-state index is 0.542. The molecule has 0 aromatic heterocycles. The molecule has 1 heterocycles. The Bertz CT molecular complexity index is 348. The number of hydrogen-bond donors (Lipinski definition) is 1. The molecule has 1 atom stereocenters. The second kappa shape index (κ2) is 5.71. The van der Waals surface area contributed by atoms with Crippen LogP contribution in [-0.2, 0) is 11.3 Å². The standard InChI is InChI=1S/C13H19NOS/c1-10-7-11(3-4-13(10)16-2)8-14-12-5-6-15-9-12/h3-4,7,12,14H,5-6,8-9H2,1-2H3. The molecule has 1 unspecified atom stereocenters. The van der Waals surface area contributed by atoms with Crippen molar-refractivity contribution in [3.05, 3.63) is 29.3 Å². The van der Waals surface area contributed by atoms with Gasteiger partial charge in [-0.15, -0.1) is 11.8 Å². The van der Waals surface area contributed by atoms with E-state index in [4.69, 9.17) is 4.74 Å². The quantitative estimate of drug-likeness (QED) is 0.813. The zero-order valence-corrected chi connectivity index (χ0v) is 10.8. The third-order valence-corrected chi connectivity index (χ3v) is 3.88. The summed E-state index contributed by atoms with van der Waals surface area (Å²) in [7, 11) is 0. The number of thioether (sulfide) groups is 1. The average molecular weight is 237 g/mol. The molecule has 0 spiro atoms. The monoisotopic (exact) mass is 237 g/mol. The first kappa shape index (κ1) is 12.0. The second-order valence-electron chi connectivity index (χ2n) is 4.25. The normalized spacial score (nSPS) is 20.2. The summed E-state index contributed by atoms with van der Waals surface area (Å²) in [6, 6.07) is 7.24. The molecule has 1 aromatic carbocycles. The molecule has 1 aliphatic rings. The van der Waals surface area contributed by atoms with E-state index in [-0.39, 0.29) is 0 Å². The molecule has 1 saturated heterocycles. The van der Waals surface area contributed by atoms with Gasteiger partial charge in [-0.1, -0.05) is 12.1 Å². The maximum atomic E-state index is 5.34. The van der Waals surface area contributed by atoms with Crippen LogP contribution in [0, 0.1) is 6.92 Å². The molecule has 0 saturated carbocycles. The highest BCUT2D eigenvalue weighted by molar-refractivity contribution is 7.98. The first-order valence-electron chi connectivity index (χ1n) is 5.74. The van der Waals surface area contributed by atoms with Gasteiger partial charge in [-0.05, 0) is 36.8 Å². The van der Waals surface area contributed by atoms with E-state index in [0.29, 0.717) is 6.04 Å². The molecular weight excluding hydrogens is 218 g/mol. The summed E-state index contributed by atoms with van der Waals surface area (Å²) in [5, 5.41) is 3.53. The number of benzene rings is 1. The minimum Gasteiger partial charge on any atom is -0.380 e. The van der Waals surface area contributed by atoms with Gasteiger partial charge in [0.1, 0.15) is 0 Å². The van der Waals surface area contributed by atoms with Gasteiger partial charge < -0.3 is 10.1 Å². The third kappa shape index (κ3) is 3.00. The van der Waals surface area contributed by atoms with Crippen molar-refractivity contribution in [1.29, 1.82) is 0 Å². The van der Waals surface area contributed by atoms with Gasteiger partial charge in [-0.2, -0.15) is 0 Å². The lowest BCUT2D eigenvalue weighted by Gasteiger charge is -2.11. The minimum atomic E-state index is 0.542. The second-order valence-corrected chi connectivity index (χ2v) is 5.09. The Morgan fingerprint density at radius 3 is 3.00 bits per heavy atom. The Morgan fingerprint density at radius 2 is 2.38 bits per heavy atom. The van der Waals surface area contributed by atoms with Crippen molar-refractivity contribution in [3.63, 3.8) is 0 Å². The Morgan fingerprint density at radius 1 is 1.50 bits per heavy atom. The van der Waals surface area contributed by atoms with Gasteiger partial charge in [-0.3, -0.25) is 0 Å². The third-order valence-electron chi connectivity index (χ3n) is 2.98. The summed E-state index contributed by atoms with van der Waals surface area (Å²) in [6.45, 7) is 4.89. The first-order valence-corrected chi connectivity index (χ1v) is 6.96. The average Bonchev–Trinajstić information content (AvgIpc) is 2.79. The number of rotatable bonds is 4. The van der Waals surface area contributed by atoms with Crippen molar-refractivity contribution in [2.45, 2.75) is 30.8 Å². The Labute approximate surface area is 102 Å². The van der Waals surface area contributed by atoms with Gasteiger partial charge in [0.25, 0.3) is 0 Å². The zero-order chi connectivity index (χ0) is 11.4. The van der Waals surface area contributed by atoms with Gasteiger partial charge in [0, 0.05) is 24.1 Å². The molecule has 0 aliphatic carbocycles. The zero-order valence-electron chi connectivity index (χ0n) is 9.95. The summed E-state index contributed by atoms with van der Waals surface area (Å²) in [5.41, 5.74) is 2.73. The topological polar surface area (TPSA) is 21.3 Å². The number of aryl methyl sites for hydroxylation is 1. The molecule has 2 rings (SSSR count). The van der Waals surface area contributed by atoms with Crippen molar-refractivity contribution < 1.29 is 4.74 Å². The Balaban J connectivity index is 1.91. The molecule has 0 amide bonds. The molecule has 88 valence electrons. The lowest BCUT2D eigenvalue weighted by atomic mass is 10.1. The predicted octanol–water partition coefficient (Wildman–Crippen LogP) is 2.60. The molecule has 1 N–H and O–H groups in total. The van der Waals surface area contributed by atoms with E-state index in [9.17, 15) is 0 Å². The Kier molecular flexibility index (Phi) is 4.27. The fourth-order valence-electron chi connectivity index (χ4n) is 2.01. The molecule has 1 aromatic rings. The van der Waals surface area contributed by atoms with Crippen LogP contribution in [0.3, 0.4) is 0 Å². The highest BCUT2D eigenvalue weighted by Crippen LogP contribution is 2.20. The van der Waals surface area contributed by atoms with E-state index in [1.54, 1.807) is 0 Å². The maximum absolute atomic E-state index is 5.34. The highest BCUT2D eigenvalue weighted by atomic mass is 32.2. The summed E-state index contributed by atoms with van der Waals surface area (Å²) in [4.78, 5) is 1.37. The van der Waals surface area contributed by atoms with E-state index in [1.807, 2.05) is 11.8 Å². The van der Waals surface area contributed by atoms with E-state index >= 15 is 0 Å². The van der Waals surface area contributed by atoms with Crippen molar-refractivity contribution in [1.82, 2.24) is 5.32 Å². The largest absolute Gasteiger partial charge is 0.380 e. The molecule has 3 heteroatoms. The van der Waals surface area contributed by atoms with Crippen LogP contribution >= 0.6 is 11.8 Å². The van der Waals surface area contributed by atoms with E-state index in [2.05, 4.69) is 36.7 Å². The van der Waals surface area contributed by atoms with Crippen LogP contribution in [0.15, 0.2) is 23.1 Å². The number of ether oxygens (including phenoxy) is 1. The van der Waals surface area contributed by atoms with E-state index in [0.717, 1.165) is 26.2 Å². The van der Waals surface area contributed by atoms with Gasteiger partial charge in [0.2, 0.25) is 0 Å². The van der Waals surface area contributed by atoms with Crippen molar-refractivity contribution in [3.8, 4) is 0 Å². The SMILES string of the molecule is CSc1ccc(CNC2CCOC2)cc1C. The first-order chi connectivity index (χ1) is 7.79. The smallest absolute Gasteiger partial charge is 0.0620 e. The fraction of sp³-hybridized carbons (Fsp3) is 0.538. The molecule has 1 fully saturated rings. The molecule has 1 aliphatic heterocycles. The van der Waals surface area contributed by atoms with Crippen molar-refractivity contribution in [2.24, 2.45) is 0 Å². The van der Waals surface area contributed by atoms with Crippen molar-refractivity contribution >= 4 is 11.8 Å². The summed E-state index contributed by atoms with van der Waals surface area (Å²) < 4.78 is 5.34. The van der Waals surface area contributed by atoms with E-state index in [1.165, 1.54) is 16.0 Å². The van der Waals surface area contributed by atoms with Crippen LogP contribution in [0.4, 0.5) is 0 Å². The Hall–Kier alpha value is -0.510. The van der Waals surface area contributed by atoms with Crippen LogP contribution in [0.2, 0.25) is 0 Å². The highest BCUT2D eigenvalue weighted by Gasteiger charge is 2.14. The molecule has 16 heavy (non-hydrogen) atoms.